The molecule has 1 aromatic carbocycles. The number of fused-ring (bicyclic) bond motifs is 1. The zero-order chi connectivity index (χ0) is 22.9. The maximum atomic E-state index is 9.74. The lowest BCUT2D eigenvalue weighted by Crippen LogP contribution is -2.46. The number of hydrogen-bond donors (Lipinski definition) is 2. The van der Waals surface area contributed by atoms with Crippen LogP contribution in [0.5, 0.6) is 5.75 Å². The zero-order valence-corrected chi connectivity index (χ0v) is 19.2. The van der Waals surface area contributed by atoms with Gasteiger partial charge in [-0.25, -0.2) is 4.98 Å². The molecule has 0 radical (unpaired) electrons. The van der Waals surface area contributed by atoms with Gasteiger partial charge in [-0.15, -0.1) is 0 Å². The third kappa shape index (κ3) is 4.09. The summed E-state index contributed by atoms with van der Waals surface area (Å²) in [5, 5.41) is 9.74. The van der Waals surface area contributed by atoms with Crippen molar-refractivity contribution in [1.82, 2.24) is 19.9 Å². The molecule has 2 aromatic heterocycles. The molecule has 0 spiro atoms. The smallest absolute Gasteiger partial charge is 0.229 e. The summed E-state index contributed by atoms with van der Waals surface area (Å²) in [6.45, 7) is 8.21. The first-order valence-electron chi connectivity index (χ1n) is 11.3. The number of nitrogens with zero attached hydrogens (tertiary/aromatic N) is 5. The number of nitrogens with one attached hydrogen (secondary N) is 1. The van der Waals surface area contributed by atoms with Crippen molar-refractivity contribution in [2.24, 2.45) is 0 Å². The van der Waals surface area contributed by atoms with Gasteiger partial charge in [0.1, 0.15) is 11.6 Å². The lowest BCUT2D eigenvalue weighted by Gasteiger charge is -2.36. The van der Waals surface area contributed by atoms with Gasteiger partial charge in [0.05, 0.1) is 52.2 Å². The molecule has 2 atom stereocenters. The van der Waals surface area contributed by atoms with Crippen molar-refractivity contribution in [2.45, 2.75) is 32.5 Å². The van der Waals surface area contributed by atoms with E-state index in [1.54, 1.807) is 7.11 Å². The molecule has 2 aliphatic heterocycles. The number of ether oxygens (including phenoxy) is 3. The summed E-state index contributed by atoms with van der Waals surface area (Å²) in [6.07, 6.45) is 0. The molecule has 10 heteroatoms. The van der Waals surface area contributed by atoms with E-state index in [1.807, 2.05) is 18.2 Å². The Labute approximate surface area is 192 Å². The van der Waals surface area contributed by atoms with Gasteiger partial charge in [0.2, 0.25) is 5.95 Å². The highest BCUT2D eigenvalue weighted by atomic mass is 16.5. The second kappa shape index (κ2) is 9.12. The van der Waals surface area contributed by atoms with E-state index < -0.39 is 0 Å². The normalized spacial score (nSPS) is 21.6. The number of aliphatic hydroxyl groups is 1. The van der Waals surface area contributed by atoms with Gasteiger partial charge >= 0.3 is 0 Å². The second-order valence-corrected chi connectivity index (χ2v) is 8.55. The predicted molar refractivity (Wildman–Crippen MR) is 125 cm³/mol. The minimum atomic E-state index is -0.118. The lowest BCUT2D eigenvalue weighted by molar-refractivity contribution is 0.0973. The number of morpholine rings is 2. The third-order valence-corrected chi connectivity index (χ3v) is 6.30. The number of aromatic nitrogens is 4. The first-order chi connectivity index (χ1) is 16.1. The first kappa shape index (κ1) is 21.9. The van der Waals surface area contributed by atoms with Gasteiger partial charge in [-0.1, -0.05) is 0 Å². The number of benzene rings is 1. The summed E-state index contributed by atoms with van der Waals surface area (Å²) in [5.74, 6) is 2.80. The van der Waals surface area contributed by atoms with E-state index in [0.717, 1.165) is 30.0 Å². The Bertz CT molecular complexity index is 1140. The number of H-pyrrole nitrogens is 1. The van der Waals surface area contributed by atoms with Crippen LogP contribution >= 0.6 is 0 Å². The van der Waals surface area contributed by atoms with Crippen molar-refractivity contribution >= 4 is 22.9 Å². The Morgan fingerprint density at radius 3 is 2.45 bits per heavy atom. The number of methoxy groups -OCH3 is 1. The molecule has 5 rings (SSSR count). The Balaban J connectivity index is 1.63. The van der Waals surface area contributed by atoms with Crippen molar-refractivity contribution in [2.75, 3.05) is 56.4 Å². The molecular weight excluding hydrogens is 424 g/mol. The van der Waals surface area contributed by atoms with Crippen LogP contribution in [0.1, 0.15) is 19.4 Å². The molecule has 2 fully saturated rings. The van der Waals surface area contributed by atoms with Crippen LogP contribution in [0.3, 0.4) is 0 Å². The molecule has 0 aliphatic carbocycles. The number of aromatic amines is 1. The van der Waals surface area contributed by atoms with E-state index in [4.69, 9.17) is 29.2 Å². The van der Waals surface area contributed by atoms with Gasteiger partial charge in [-0.05, 0) is 32.0 Å². The fraction of sp³-hybridized carbons (Fsp3) is 0.522. The Hall–Kier alpha value is -2.95. The van der Waals surface area contributed by atoms with Crippen molar-refractivity contribution < 1.29 is 19.3 Å². The molecule has 3 aromatic rings. The van der Waals surface area contributed by atoms with Crippen LogP contribution in [0, 0.1) is 0 Å². The third-order valence-electron chi connectivity index (χ3n) is 6.30. The second-order valence-electron chi connectivity index (χ2n) is 8.55. The topological polar surface area (TPSA) is 109 Å². The van der Waals surface area contributed by atoms with Crippen LogP contribution in [0.4, 0.5) is 11.8 Å². The van der Waals surface area contributed by atoms with Gasteiger partial charge in [0.25, 0.3) is 0 Å². The maximum absolute atomic E-state index is 9.74. The van der Waals surface area contributed by atoms with E-state index in [1.165, 1.54) is 0 Å². The van der Waals surface area contributed by atoms with E-state index in [-0.39, 0.29) is 18.7 Å². The molecule has 10 nitrogen and oxygen atoms in total. The quantitative estimate of drug-likeness (QED) is 0.598. The Morgan fingerprint density at radius 2 is 1.79 bits per heavy atom. The number of hydrogen-bond acceptors (Lipinski definition) is 9. The highest BCUT2D eigenvalue weighted by Crippen LogP contribution is 2.32. The molecule has 2 saturated heterocycles. The Kier molecular flexibility index (Phi) is 6.05. The molecule has 0 bridgehead atoms. The SMILES string of the molecule is COc1ccc(-c2nc3c(N4CCOCC4C)nc(N4CCOCC4C)nc3[nH]2)cc1CO. The van der Waals surface area contributed by atoms with Crippen molar-refractivity contribution in [3.8, 4) is 17.1 Å². The van der Waals surface area contributed by atoms with Gasteiger partial charge in [0.15, 0.2) is 17.0 Å². The summed E-state index contributed by atoms with van der Waals surface area (Å²) in [4.78, 5) is 22.6. The van der Waals surface area contributed by atoms with E-state index in [9.17, 15) is 5.11 Å². The Morgan fingerprint density at radius 1 is 1.06 bits per heavy atom. The van der Waals surface area contributed by atoms with Crippen LogP contribution in [-0.4, -0.2) is 83.8 Å². The summed E-state index contributed by atoms with van der Waals surface area (Å²) < 4.78 is 16.6. The summed E-state index contributed by atoms with van der Waals surface area (Å²) in [7, 11) is 1.59. The maximum Gasteiger partial charge on any atom is 0.229 e. The van der Waals surface area contributed by atoms with Crippen LogP contribution in [0.2, 0.25) is 0 Å². The number of imidazole rings is 1. The molecule has 2 N–H and O–H groups in total. The van der Waals surface area contributed by atoms with Gasteiger partial charge in [-0.3, -0.25) is 0 Å². The average molecular weight is 455 g/mol. The van der Waals surface area contributed by atoms with E-state index in [0.29, 0.717) is 55.2 Å². The van der Waals surface area contributed by atoms with Crippen molar-refractivity contribution in [1.29, 1.82) is 0 Å². The summed E-state index contributed by atoms with van der Waals surface area (Å²) in [5.41, 5.74) is 2.96. The van der Waals surface area contributed by atoms with Crippen molar-refractivity contribution in [3.63, 3.8) is 0 Å². The number of anilines is 2. The molecule has 0 amide bonds. The first-order valence-corrected chi connectivity index (χ1v) is 11.3. The highest BCUT2D eigenvalue weighted by molar-refractivity contribution is 5.87. The van der Waals surface area contributed by atoms with Crippen LogP contribution in [0.25, 0.3) is 22.6 Å². The largest absolute Gasteiger partial charge is 0.496 e. The molecule has 176 valence electrons. The van der Waals surface area contributed by atoms with Gasteiger partial charge in [0, 0.05) is 24.2 Å². The van der Waals surface area contributed by atoms with Crippen LogP contribution in [-0.2, 0) is 16.1 Å². The van der Waals surface area contributed by atoms with Crippen LogP contribution in [0.15, 0.2) is 18.2 Å². The average Bonchev–Trinajstić information content (AvgIpc) is 3.28. The minimum absolute atomic E-state index is 0.118. The minimum Gasteiger partial charge on any atom is -0.496 e. The standard InChI is InChI=1S/C23H30N6O4/c1-14-12-32-8-6-28(14)22-19-21(26-23(27-22)29-7-9-33-13-15(29)2)25-20(24-19)16-4-5-18(31-3)17(10-16)11-30/h4-5,10,14-15,30H,6-9,11-13H2,1-3H3,(H,24,25,26,27). The lowest BCUT2D eigenvalue weighted by atomic mass is 10.1. The monoisotopic (exact) mass is 454 g/mol. The fourth-order valence-electron chi connectivity index (χ4n) is 4.45. The zero-order valence-electron chi connectivity index (χ0n) is 19.2. The highest BCUT2D eigenvalue weighted by Gasteiger charge is 2.28. The van der Waals surface area contributed by atoms with Crippen LogP contribution < -0.4 is 14.5 Å². The van der Waals surface area contributed by atoms with Gasteiger partial charge < -0.3 is 34.1 Å². The fourth-order valence-corrected chi connectivity index (χ4v) is 4.45. The molecule has 2 aliphatic rings. The van der Waals surface area contributed by atoms with E-state index >= 15 is 0 Å². The number of rotatable bonds is 5. The predicted octanol–water partition coefficient (Wildman–Crippen LogP) is 1.97. The molecule has 4 heterocycles. The molecule has 33 heavy (non-hydrogen) atoms. The van der Waals surface area contributed by atoms with E-state index in [2.05, 4.69) is 28.6 Å². The van der Waals surface area contributed by atoms with Crippen molar-refractivity contribution in [3.05, 3.63) is 23.8 Å². The summed E-state index contributed by atoms with van der Waals surface area (Å²) in [6, 6.07) is 6.00. The number of aliphatic hydroxyl groups excluding tert-OH is 1. The summed E-state index contributed by atoms with van der Waals surface area (Å²) >= 11 is 0. The van der Waals surface area contributed by atoms with Gasteiger partial charge in [-0.2, -0.15) is 9.97 Å². The molecule has 2 unspecified atom stereocenters. The molecular formula is C23H30N6O4. The molecule has 0 saturated carbocycles.